The number of hydrogen-bond donors (Lipinski definition) is 1. The monoisotopic (exact) mass is 282 g/mol. The molecule has 0 saturated heterocycles. The van der Waals surface area contributed by atoms with E-state index < -0.39 is 0 Å². The summed E-state index contributed by atoms with van der Waals surface area (Å²) in [6, 6.07) is 9.16. The zero-order chi connectivity index (χ0) is 14.3. The first-order chi connectivity index (χ1) is 9.08. The highest BCUT2D eigenvalue weighted by atomic mass is 35.5. The fourth-order valence-electron chi connectivity index (χ4n) is 2.39. The van der Waals surface area contributed by atoms with E-state index in [0.717, 1.165) is 18.0 Å². The number of halogens is 1. The van der Waals surface area contributed by atoms with Crippen LogP contribution >= 0.6 is 11.6 Å². The smallest absolute Gasteiger partial charge is 0.0409 e. The summed E-state index contributed by atoms with van der Waals surface area (Å²) in [4.78, 5) is 2.44. The minimum absolute atomic E-state index is 0.370. The largest absolute Gasteiger partial charge is 0.313 e. The van der Waals surface area contributed by atoms with Crippen LogP contribution in [0.3, 0.4) is 0 Å². The van der Waals surface area contributed by atoms with Crippen molar-refractivity contribution in [3.63, 3.8) is 0 Å². The van der Waals surface area contributed by atoms with Gasteiger partial charge in [-0.15, -0.1) is 0 Å². The average Bonchev–Trinajstić information content (AvgIpc) is 2.39. The first kappa shape index (κ1) is 16.5. The van der Waals surface area contributed by atoms with Crippen LogP contribution in [0.5, 0.6) is 0 Å². The molecule has 0 amide bonds. The van der Waals surface area contributed by atoms with E-state index in [1.807, 2.05) is 19.2 Å². The number of rotatable bonds is 8. The highest BCUT2D eigenvalue weighted by molar-refractivity contribution is 6.30. The van der Waals surface area contributed by atoms with Crippen molar-refractivity contribution in [3.05, 3.63) is 34.9 Å². The molecule has 0 aromatic heterocycles. The summed E-state index contributed by atoms with van der Waals surface area (Å²) >= 11 is 6.06. The third kappa shape index (κ3) is 5.52. The number of hydrogen-bond acceptors (Lipinski definition) is 2. The van der Waals surface area contributed by atoms with E-state index in [1.54, 1.807) is 0 Å². The van der Waals surface area contributed by atoms with Crippen molar-refractivity contribution < 1.29 is 0 Å². The molecule has 2 atom stereocenters. The summed E-state index contributed by atoms with van der Waals surface area (Å²) in [6.45, 7) is 5.64. The quantitative estimate of drug-likeness (QED) is 0.772. The molecule has 0 aliphatic rings. The average molecular weight is 283 g/mol. The molecule has 2 nitrogen and oxygen atoms in total. The highest BCUT2D eigenvalue weighted by Gasteiger charge is 2.13. The molecule has 0 spiro atoms. The Kier molecular flexibility index (Phi) is 7.44. The lowest BCUT2D eigenvalue weighted by atomic mass is 10.0. The van der Waals surface area contributed by atoms with Crippen molar-refractivity contribution in [3.8, 4) is 0 Å². The lowest BCUT2D eigenvalue weighted by Crippen LogP contribution is -2.32. The fraction of sp³-hybridized carbons (Fsp3) is 0.625. The van der Waals surface area contributed by atoms with Crippen LogP contribution in [0.4, 0.5) is 0 Å². The van der Waals surface area contributed by atoms with Crippen molar-refractivity contribution in [1.29, 1.82) is 0 Å². The van der Waals surface area contributed by atoms with Gasteiger partial charge in [-0.05, 0) is 58.1 Å². The van der Waals surface area contributed by atoms with Crippen LogP contribution in [0.2, 0.25) is 5.02 Å². The Morgan fingerprint density at radius 1 is 1.32 bits per heavy atom. The topological polar surface area (TPSA) is 15.3 Å². The second-order valence-corrected chi connectivity index (χ2v) is 5.74. The van der Waals surface area contributed by atoms with E-state index >= 15 is 0 Å². The molecular formula is C16H27ClN2. The Hall–Kier alpha value is -0.570. The molecule has 1 aromatic carbocycles. The molecule has 0 radical (unpaired) electrons. The minimum atomic E-state index is 0.370. The maximum absolute atomic E-state index is 6.06. The molecule has 1 N–H and O–H groups in total. The first-order valence-corrected chi connectivity index (χ1v) is 7.59. The van der Waals surface area contributed by atoms with Crippen molar-refractivity contribution in [2.45, 2.75) is 45.2 Å². The lowest BCUT2D eigenvalue weighted by molar-refractivity contribution is 0.232. The van der Waals surface area contributed by atoms with E-state index in [2.05, 4.69) is 43.2 Å². The van der Waals surface area contributed by atoms with Gasteiger partial charge in [-0.2, -0.15) is 0 Å². The van der Waals surface area contributed by atoms with Gasteiger partial charge in [0.25, 0.3) is 0 Å². The van der Waals surface area contributed by atoms with Gasteiger partial charge >= 0.3 is 0 Å². The van der Waals surface area contributed by atoms with Crippen LogP contribution < -0.4 is 5.32 Å². The zero-order valence-electron chi connectivity index (χ0n) is 12.6. The molecule has 0 aliphatic carbocycles. The number of benzene rings is 1. The number of nitrogens with one attached hydrogen (secondary N) is 1. The summed E-state index contributed by atoms with van der Waals surface area (Å²) < 4.78 is 0. The van der Waals surface area contributed by atoms with Crippen molar-refractivity contribution in [1.82, 2.24) is 10.2 Å². The van der Waals surface area contributed by atoms with E-state index in [-0.39, 0.29) is 0 Å². The Bertz CT molecular complexity index is 368. The molecule has 2 unspecified atom stereocenters. The van der Waals surface area contributed by atoms with Crippen molar-refractivity contribution >= 4 is 11.6 Å². The lowest BCUT2D eigenvalue weighted by Gasteiger charge is -2.26. The molecule has 0 bridgehead atoms. The maximum Gasteiger partial charge on any atom is 0.0409 e. The predicted octanol–water partition coefficient (Wildman–Crippen LogP) is 4.11. The molecule has 0 aliphatic heterocycles. The third-order valence-corrected chi connectivity index (χ3v) is 4.06. The first-order valence-electron chi connectivity index (χ1n) is 7.21. The molecule has 108 valence electrons. The Morgan fingerprint density at radius 3 is 2.63 bits per heavy atom. The molecule has 0 saturated carbocycles. The van der Waals surface area contributed by atoms with Crippen LogP contribution in [-0.2, 0) is 0 Å². The molecule has 1 rings (SSSR count). The van der Waals surface area contributed by atoms with Crippen LogP contribution in [-0.4, -0.2) is 31.6 Å². The standard InChI is InChI=1S/C16H27ClN2/c1-5-7-13(2)19(4)11-10-16(18-3)14-8-6-9-15(17)12-14/h6,8-9,12-13,16,18H,5,7,10-11H2,1-4H3. The van der Waals surface area contributed by atoms with Gasteiger partial charge in [0, 0.05) is 17.1 Å². The third-order valence-electron chi connectivity index (χ3n) is 3.83. The van der Waals surface area contributed by atoms with Gasteiger partial charge < -0.3 is 10.2 Å². The highest BCUT2D eigenvalue weighted by Crippen LogP contribution is 2.20. The Morgan fingerprint density at radius 2 is 2.05 bits per heavy atom. The van der Waals surface area contributed by atoms with Crippen LogP contribution in [0, 0.1) is 0 Å². The zero-order valence-corrected chi connectivity index (χ0v) is 13.4. The van der Waals surface area contributed by atoms with E-state index in [4.69, 9.17) is 11.6 Å². The summed E-state index contributed by atoms with van der Waals surface area (Å²) in [6.07, 6.45) is 3.61. The Labute approximate surface area is 123 Å². The predicted molar refractivity (Wildman–Crippen MR) is 84.9 cm³/mol. The van der Waals surface area contributed by atoms with E-state index in [1.165, 1.54) is 18.4 Å². The normalized spacial score (nSPS) is 14.6. The molecule has 1 aromatic rings. The van der Waals surface area contributed by atoms with E-state index in [0.29, 0.717) is 12.1 Å². The van der Waals surface area contributed by atoms with E-state index in [9.17, 15) is 0 Å². The van der Waals surface area contributed by atoms with Gasteiger partial charge in [-0.25, -0.2) is 0 Å². The molecule has 19 heavy (non-hydrogen) atoms. The second-order valence-electron chi connectivity index (χ2n) is 5.30. The summed E-state index contributed by atoms with van der Waals surface area (Å²) in [7, 11) is 4.23. The SMILES string of the molecule is CCCC(C)N(C)CCC(NC)c1cccc(Cl)c1. The minimum Gasteiger partial charge on any atom is -0.313 e. The summed E-state index contributed by atoms with van der Waals surface area (Å²) in [5, 5.41) is 4.20. The van der Waals surface area contributed by atoms with Crippen LogP contribution in [0.1, 0.15) is 44.7 Å². The van der Waals surface area contributed by atoms with Crippen molar-refractivity contribution in [2.75, 3.05) is 20.6 Å². The molecular weight excluding hydrogens is 256 g/mol. The van der Waals surface area contributed by atoms with Gasteiger partial charge in [0.15, 0.2) is 0 Å². The maximum atomic E-state index is 6.06. The van der Waals surface area contributed by atoms with Gasteiger partial charge in [0.2, 0.25) is 0 Å². The number of nitrogens with zero attached hydrogens (tertiary/aromatic N) is 1. The van der Waals surface area contributed by atoms with Gasteiger partial charge in [-0.1, -0.05) is 37.1 Å². The molecule has 0 heterocycles. The van der Waals surface area contributed by atoms with Crippen LogP contribution in [0.15, 0.2) is 24.3 Å². The summed E-state index contributed by atoms with van der Waals surface area (Å²) in [5.41, 5.74) is 1.27. The molecule has 3 heteroatoms. The van der Waals surface area contributed by atoms with Crippen LogP contribution in [0.25, 0.3) is 0 Å². The Balaban J connectivity index is 2.53. The summed E-state index contributed by atoms with van der Waals surface area (Å²) in [5.74, 6) is 0. The van der Waals surface area contributed by atoms with Gasteiger partial charge in [0.1, 0.15) is 0 Å². The fourth-order valence-corrected chi connectivity index (χ4v) is 2.59. The van der Waals surface area contributed by atoms with Gasteiger partial charge in [0.05, 0.1) is 0 Å². The second kappa shape index (κ2) is 8.57. The van der Waals surface area contributed by atoms with Crippen molar-refractivity contribution in [2.24, 2.45) is 0 Å². The van der Waals surface area contributed by atoms with Gasteiger partial charge in [-0.3, -0.25) is 0 Å². The molecule has 0 fully saturated rings.